The number of carbonyl (C=O) groups excluding carboxylic acids is 1. The summed E-state index contributed by atoms with van der Waals surface area (Å²) < 4.78 is 34.1. The van der Waals surface area contributed by atoms with Crippen molar-refractivity contribution in [1.82, 2.24) is 4.40 Å². The molecule has 0 bridgehead atoms. The lowest BCUT2D eigenvalue weighted by Gasteiger charge is -2.32. The van der Waals surface area contributed by atoms with E-state index < -0.39 is 10.1 Å². The summed E-state index contributed by atoms with van der Waals surface area (Å²) in [4.78, 5) is 11.9. The summed E-state index contributed by atoms with van der Waals surface area (Å²) in [6.45, 7) is 9.73. The zero-order valence-corrected chi connectivity index (χ0v) is 21.6. The topological polar surface area (TPSA) is 78.7 Å². The van der Waals surface area contributed by atoms with Gasteiger partial charge in [0.1, 0.15) is 10.1 Å². The van der Waals surface area contributed by atoms with E-state index in [0.717, 1.165) is 46.3 Å². The van der Waals surface area contributed by atoms with Crippen LogP contribution in [0.3, 0.4) is 0 Å². The smallest absolute Gasteiger partial charge is 0.176 e. The number of fused-ring (bicyclic) bond motifs is 1. The molecular formula is C27H34N2O4S. The van der Waals surface area contributed by atoms with Gasteiger partial charge in [-0.3, -0.25) is 4.79 Å². The minimum atomic E-state index is -4.27. The van der Waals surface area contributed by atoms with Crippen molar-refractivity contribution in [1.29, 1.82) is 0 Å². The highest BCUT2D eigenvalue weighted by molar-refractivity contribution is 7.85. The maximum Gasteiger partial charge on any atom is 0.176 e. The highest BCUT2D eigenvalue weighted by Crippen LogP contribution is 2.31. The van der Waals surface area contributed by atoms with Gasteiger partial charge in [0.2, 0.25) is 0 Å². The van der Waals surface area contributed by atoms with Crippen molar-refractivity contribution in [2.24, 2.45) is 0 Å². The third kappa shape index (κ3) is 6.80. The molecule has 1 atom stereocenters. The summed E-state index contributed by atoms with van der Waals surface area (Å²) in [6.07, 6.45) is 8.18. The Bertz CT molecular complexity index is 1300. The van der Waals surface area contributed by atoms with Crippen LogP contribution in [0.4, 0.5) is 0 Å². The minimum absolute atomic E-state index is 0.114. The quantitative estimate of drug-likeness (QED) is 0.214. The maximum absolute atomic E-state index is 12.1. The summed E-state index contributed by atoms with van der Waals surface area (Å²) in [5.41, 5.74) is 5.25. The number of likely N-dealkylation sites (N-methyl/N-ethyl adjacent to an activating group) is 1. The number of rotatable bonds is 7. The van der Waals surface area contributed by atoms with E-state index >= 15 is 0 Å². The molecule has 0 aliphatic rings. The average molecular weight is 483 g/mol. The molecule has 3 aromatic rings. The Balaban J connectivity index is 0.000000310. The molecule has 0 N–H and O–H groups in total. The third-order valence-corrected chi connectivity index (χ3v) is 6.75. The maximum atomic E-state index is 12.1. The van der Waals surface area contributed by atoms with Gasteiger partial charge >= 0.3 is 0 Å². The number of benzene rings is 1. The standard InChI is InChI=1S/C20H27N2O.C7H8O3S/c1-7-8-13-22(5,6)14-15(2)19-16(3)20(17(4)23)21-12-10-9-11-18(19)21;1-6-2-4-7(5-3-6)11(8,9)10/h1,9-12,15H,8,13-14H2,2-6H3;2-5H,1H3,(H,8,9,10)/q+1;/p-1. The molecule has 1 unspecified atom stereocenters. The van der Waals surface area contributed by atoms with E-state index in [1.165, 1.54) is 17.7 Å². The van der Waals surface area contributed by atoms with Crippen LogP contribution in [0.15, 0.2) is 53.6 Å². The number of ketones is 1. The SMILES string of the molecule is C#CCC[N+](C)(C)CC(C)c1c(C)c(C(C)=O)n2ccccc12.Cc1ccc(S(=O)(=O)[O-])cc1. The van der Waals surface area contributed by atoms with E-state index in [4.69, 9.17) is 6.42 Å². The zero-order chi connectivity index (χ0) is 25.7. The summed E-state index contributed by atoms with van der Waals surface area (Å²) >= 11 is 0. The van der Waals surface area contributed by atoms with Gasteiger partial charge in [-0.2, -0.15) is 0 Å². The number of quaternary nitrogens is 1. The van der Waals surface area contributed by atoms with Gasteiger partial charge in [0.25, 0.3) is 0 Å². The van der Waals surface area contributed by atoms with Crippen molar-refractivity contribution in [2.45, 2.75) is 44.9 Å². The van der Waals surface area contributed by atoms with Crippen LogP contribution in [-0.4, -0.2) is 54.8 Å². The fourth-order valence-electron chi connectivity index (χ4n) is 4.41. The van der Waals surface area contributed by atoms with Gasteiger partial charge in [-0.15, -0.1) is 12.3 Å². The van der Waals surface area contributed by atoms with Gasteiger partial charge in [-0.1, -0.05) is 30.7 Å². The molecule has 6 nitrogen and oxygen atoms in total. The normalized spacial score (nSPS) is 12.5. The Morgan fingerprint density at radius 2 is 1.76 bits per heavy atom. The van der Waals surface area contributed by atoms with Crippen molar-refractivity contribution in [3.63, 3.8) is 0 Å². The second-order valence-corrected chi connectivity index (χ2v) is 10.7. The molecule has 2 aromatic heterocycles. The lowest BCUT2D eigenvalue weighted by molar-refractivity contribution is -0.891. The van der Waals surface area contributed by atoms with E-state index in [-0.39, 0.29) is 10.7 Å². The first-order chi connectivity index (χ1) is 15.8. The van der Waals surface area contributed by atoms with Crippen LogP contribution >= 0.6 is 0 Å². The molecule has 2 heterocycles. The van der Waals surface area contributed by atoms with Gasteiger partial charge in [-0.25, -0.2) is 8.42 Å². The number of hydrogen-bond acceptors (Lipinski definition) is 4. The molecule has 1 aromatic carbocycles. The van der Waals surface area contributed by atoms with Crippen molar-refractivity contribution >= 4 is 21.4 Å². The van der Waals surface area contributed by atoms with Crippen LogP contribution in [0.1, 0.15) is 53.4 Å². The molecule has 0 aliphatic heterocycles. The Labute approximate surface area is 203 Å². The van der Waals surface area contributed by atoms with Crippen LogP contribution in [0.5, 0.6) is 0 Å². The van der Waals surface area contributed by atoms with E-state index in [1.807, 2.05) is 29.7 Å². The Morgan fingerprint density at radius 3 is 2.29 bits per heavy atom. The molecule has 3 rings (SSSR count). The van der Waals surface area contributed by atoms with Crippen molar-refractivity contribution in [3.05, 3.63) is 71.0 Å². The fraction of sp³-hybridized carbons (Fsp3) is 0.370. The summed E-state index contributed by atoms with van der Waals surface area (Å²) in [5.74, 6) is 3.20. The van der Waals surface area contributed by atoms with E-state index in [0.29, 0.717) is 5.92 Å². The number of terminal acetylenes is 1. The van der Waals surface area contributed by atoms with Gasteiger partial charge in [-0.05, 0) is 49.2 Å². The molecule has 0 spiro atoms. The monoisotopic (exact) mass is 482 g/mol. The molecule has 0 saturated carbocycles. The summed E-state index contributed by atoms with van der Waals surface area (Å²) in [6, 6.07) is 11.9. The molecular weight excluding hydrogens is 448 g/mol. The number of aromatic nitrogens is 1. The Morgan fingerprint density at radius 1 is 1.15 bits per heavy atom. The first kappa shape index (κ1) is 27.3. The first-order valence-electron chi connectivity index (χ1n) is 11.2. The Kier molecular flexibility index (Phi) is 8.84. The van der Waals surface area contributed by atoms with Gasteiger partial charge in [0, 0.05) is 24.6 Å². The predicted octanol–water partition coefficient (Wildman–Crippen LogP) is 4.55. The van der Waals surface area contributed by atoms with Crippen molar-refractivity contribution in [2.75, 3.05) is 27.2 Å². The highest BCUT2D eigenvalue weighted by atomic mass is 32.2. The number of carbonyl (C=O) groups is 1. The largest absolute Gasteiger partial charge is 0.744 e. The zero-order valence-electron chi connectivity index (χ0n) is 20.8. The van der Waals surface area contributed by atoms with Crippen LogP contribution in [0.2, 0.25) is 0 Å². The molecule has 0 aliphatic carbocycles. The fourth-order valence-corrected chi connectivity index (χ4v) is 4.88. The van der Waals surface area contributed by atoms with Crippen LogP contribution in [0.25, 0.3) is 5.52 Å². The van der Waals surface area contributed by atoms with E-state index in [9.17, 15) is 17.8 Å². The van der Waals surface area contributed by atoms with Crippen LogP contribution in [0, 0.1) is 26.2 Å². The number of nitrogens with zero attached hydrogens (tertiary/aromatic N) is 2. The van der Waals surface area contributed by atoms with Crippen LogP contribution < -0.4 is 0 Å². The number of Topliss-reactive ketones (excluding diaryl/α,β-unsaturated/α-hetero) is 1. The number of pyridine rings is 1. The molecule has 34 heavy (non-hydrogen) atoms. The van der Waals surface area contributed by atoms with Gasteiger partial charge in [0.15, 0.2) is 5.78 Å². The van der Waals surface area contributed by atoms with Crippen molar-refractivity contribution < 1.29 is 22.2 Å². The second-order valence-electron chi connectivity index (χ2n) is 9.36. The van der Waals surface area contributed by atoms with Crippen molar-refractivity contribution in [3.8, 4) is 12.3 Å². The van der Waals surface area contributed by atoms with E-state index in [2.05, 4.69) is 39.9 Å². The molecule has 7 heteroatoms. The minimum Gasteiger partial charge on any atom is -0.744 e. The first-order valence-corrected chi connectivity index (χ1v) is 12.6. The predicted molar refractivity (Wildman–Crippen MR) is 135 cm³/mol. The van der Waals surface area contributed by atoms with Gasteiger partial charge < -0.3 is 13.4 Å². The average Bonchev–Trinajstić information content (AvgIpc) is 3.04. The summed E-state index contributed by atoms with van der Waals surface area (Å²) in [5, 5.41) is 0. The van der Waals surface area contributed by atoms with Crippen LogP contribution in [-0.2, 0) is 10.1 Å². The molecule has 182 valence electrons. The van der Waals surface area contributed by atoms with E-state index in [1.54, 1.807) is 19.1 Å². The molecule has 0 saturated heterocycles. The molecule has 0 radical (unpaired) electrons. The summed E-state index contributed by atoms with van der Waals surface area (Å²) in [7, 11) is 0.162. The number of hydrogen-bond donors (Lipinski definition) is 0. The Hall–Kier alpha value is -2.92. The highest BCUT2D eigenvalue weighted by Gasteiger charge is 2.26. The lowest BCUT2D eigenvalue weighted by Crippen LogP contribution is -2.43. The number of aryl methyl sites for hydroxylation is 1. The lowest BCUT2D eigenvalue weighted by atomic mass is 9.95. The second kappa shape index (κ2) is 11.0. The third-order valence-electron chi connectivity index (χ3n) is 5.90. The molecule has 0 amide bonds. The van der Waals surface area contributed by atoms with Gasteiger partial charge in [0.05, 0.1) is 44.2 Å². The molecule has 0 fully saturated rings.